The molecule has 25 heavy (non-hydrogen) atoms. The van der Waals surface area contributed by atoms with Crippen molar-refractivity contribution in [2.75, 3.05) is 12.3 Å². The van der Waals surface area contributed by atoms with Crippen molar-refractivity contribution >= 4 is 34.6 Å². The summed E-state index contributed by atoms with van der Waals surface area (Å²) in [4.78, 5) is 16.5. The second kappa shape index (κ2) is 8.39. The minimum Gasteiger partial charge on any atom is -0.486 e. The van der Waals surface area contributed by atoms with Gasteiger partial charge < -0.3 is 14.6 Å². The van der Waals surface area contributed by atoms with E-state index in [1.165, 1.54) is 11.8 Å². The average Bonchev–Trinajstić information content (AvgIpc) is 3.25. The largest absolute Gasteiger partial charge is 0.486 e. The van der Waals surface area contributed by atoms with Crippen LogP contribution in [0.5, 0.6) is 5.75 Å². The molecular formula is C16H19N5O2S2. The number of benzene rings is 1. The minimum absolute atomic E-state index is 0.0803. The van der Waals surface area contributed by atoms with Crippen molar-refractivity contribution in [3.05, 3.63) is 36.2 Å². The number of nitrogens with one attached hydrogen (secondary N) is 1. The number of hydrogen-bond donors (Lipinski definition) is 1. The number of ether oxygens (including phenoxy) is 1. The van der Waals surface area contributed by atoms with E-state index in [1.807, 2.05) is 48.9 Å². The summed E-state index contributed by atoms with van der Waals surface area (Å²) in [5.74, 6) is 2.32. The number of thioether (sulfide) groups is 2. The Morgan fingerprint density at radius 1 is 1.40 bits per heavy atom. The number of para-hydroxylation sites is 1. The highest BCUT2D eigenvalue weighted by Gasteiger charge is 2.21. The van der Waals surface area contributed by atoms with E-state index in [1.54, 1.807) is 11.8 Å². The quantitative estimate of drug-likeness (QED) is 0.777. The molecule has 2 aromatic rings. The number of carbonyl (C=O) groups excluding carboxylic acids is 1. The van der Waals surface area contributed by atoms with Gasteiger partial charge in [0.15, 0.2) is 16.1 Å². The minimum atomic E-state index is -0.297. The van der Waals surface area contributed by atoms with Gasteiger partial charge in [0, 0.05) is 12.8 Å². The maximum Gasteiger partial charge on any atom is 0.239 e. The summed E-state index contributed by atoms with van der Waals surface area (Å²) in [6.45, 7) is 2.92. The molecule has 0 saturated carbocycles. The molecule has 0 aliphatic carbocycles. The zero-order valence-electron chi connectivity index (χ0n) is 14.0. The number of rotatable bonds is 6. The van der Waals surface area contributed by atoms with Gasteiger partial charge in [-0.25, -0.2) is 0 Å². The zero-order valence-corrected chi connectivity index (χ0v) is 15.6. The van der Waals surface area contributed by atoms with Crippen molar-refractivity contribution in [2.45, 2.75) is 23.9 Å². The topological polar surface area (TPSA) is 81.4 Å². The van der Waals surface area contributed by atoms with Gasteiger partial charge in [-0.3, -0.25) is 9.79 Å². The molecule has 1 atom stereocenters. The van der Waals surface area contributed by atoms with Gasteiger partial charge >= 0.3 is 0 Å². The normalized spacial score (nSPS) is 14.9. The molecule has 0 spiro atoms. The molecule has 1 aromatic carbocycles. The molecule has 0 saturated heterocycles. The number of aliphatic imine (C=N–C) groups is 1. The second-order valence-electron chi connectivity index (χ2n) is 5.34. The standard InChI is InChI=1S/C16H19N5O2S2/c1-11(14(22)18-15-17-8-9-24-15)25-16-20-19-13(21(16)2)10-23-12-6-4-3-5-7-12/h3-7,11H,8-10H2,1-2H3,(H,17,18,22). The Morgan fingerprint density at radius 2 is 2.20 bits per heavy atom. The molecule has 1 aliphatic heterocycles. The van der Waals surface area contributed by atoms with E-state index in [9.17, 15) is 4.79 Å². The number of amidine groups is 1. The molecule has 1 N–H and O–H groups in total. The van der Waals surface area contributed by atoms with Gasteiger partial charge in [-0.1, -0.05) is 41.7 Å². The second-order valence-corrected chi connectivity index (χ2v) is 7.74. The van der Waals surface area contributed by atoms with Crippen LogP contribution in [-0.4, -0.2) is 43.4 Å². The van der Waals surface area contributed by atoms with Gasteiger partial charge in [0.25, 0.3) is 0 Å². The Morgan fingerprint density at radius 3 is 2.92 bits per heavy atom. The van der Waals surface area contributed by atoms with Crippen molar-refractivity contribution in [3.8, 4) is 5.75 Å². The molecule has 9 heteroatoms. The van der Waals surface area contributed by atoms with E-state index in [4.69, 9.17) is 4.74 Å². The Hall–Kier alpha value is -2.00. The van der Waals surface area contributed by atoms with Gasteiger partial charge in [0.05, 0.1) is 11.8 Å². The lowest BCUT2D eigenvalue weighted by Gasteiger charge is -2.11. The highest BCUT2D eigenvalue weighted by molar-refractivity contribution is 8.14. The fourth-order valence-corrected chi connectivity index (χ4v) is 3.63. The van der Waals surface area contributed by atoms with Crippen molar-refractivity contribution in [2.24, 2.45) is 12.0 Å². The number of hydrogen-bond acceptors (Lipinski definition) is 7. The molecule has 0 fully saturated rings. The van der Waals surface area contributed by atoms with Gasteiger partial charge in [0.1, 0.15) is 12.4 Å². The first-order valence-corrected chi connectivity index (χ1v) is 9.71. The van der Waals surface area contributed by atoms with Crippen LogP contribution < -0.4 is 10.1 Å². The highest BCUT2D eigenvalue weighted by atomic mass is 32.2. The summed E-state index contributed by atoms with van der Waals surface area (Å²) < 4.78 is 7.54. The Kier molecular flexibility index (Phi) is 5.98. The van der Waals surface area contributed by atoms with Gasteiger partial charge in [0.2, 0.25) is 5.91 Å². The summed E-state index contributed by atoms with van der Waals surface area (Å²) in [6.07, 6.45) is 0. The van der Waals surface area contributed by atoms with E-state index in [0.717, 1.165) is 18.0 Å². The maximum atomic E-state index is 12.2. The molecule has 1 aliphatic rings. The van der Waals surface area contributed by atoms with Crippen molar-refractivity contribution in [3.63, 3.8) is 0 Å². The van der Waals surface area contributed by atoms with E-state index in [0.29, 0.717) is 22.8 Å². The predicted octanol–water partition coefficient (Wildman–Crippen LogP) is 2.09. The summed E-state index contributed by atoms with van der Waals surface area (Å²) in [7, 11) is 1.87. The third-order valence-electron chi connectivity index (χ3n) is 3.50. The average molecular weight is 377 g/mol. The Bertz CT molecular complexity index is 763. The van der Waals surface area contributed by atoms with Crippen LogP contribution in [0.4, 0.5) is 0 Å². The molecule has 1 unspecified atom stereocenters. The van der Waals surface area contributed by atoms with Gasteiger partial charge in [-0.05, 0) is 19.1 Å². The van der Waals surface area contributed by atoms with Crippen LogP contribution in [0.1, 0.15) is 12.7 Å². The number of amides is 1. The summed E-state index contributed by atoms with van der Waals surface area (Å²) in [6, 6.07) is 9.55. The molecular weight excluding hydrogens is 358 g/mol. The van der Waals surface area contributed by atoms with E-state index >= 15 is 0 Å². The maximum absolute atomic E-state index is 12.2. The van der Waals surface area contributed by atoms with E-state index in [2.05, 4.69) is 20.5 Å². The van der Waals surface area contributed by atoms with Crippen molar-refractivity contribution in [1.29, 1.82) is 0 Å². The first-order valence-electron chi connectivity index (χ1n) is 7.84. The van der Waals surface area contributed by atoms with Crippen LogP contribution in [0, 0.1) is 0 Å². The number of nitrogens with zero attached hydrogens (tertiary/aromatic N) is 4. The zero-order chi connectivity index (χ0) is 17.6. The van der Waals surface area contributed by atoms with E-state index < -0.39 is 0 Å². The molecule has 1 amide bonds. The third kappa shape index (κ3) is 4.76. The van der Waals surface area contributed by atoms with Crippen LogP contribution in [0.3, 0.4) is 0 Å². The van der Waals surface area contributed by atoms with E-state index in [-0.39, 0.29) is 11.2 Å². The molecule has 0 radical (unpaired) electrons. The highest BCUT2D eigenvalue weighted by Crippen LogP contribution is 2.22. The SMILES string of the molecule is CC(Sc1nnc(COc2ccccc2)n1C)C(=O)NC1=NCCS1. The smallest absolute Gasteiger partial charge is 0.239 e. The van der Waals surface area contributed by atoms with Gasteiger partial charge in [-0.15, -0.1) is 10.2 Å². The van der Waals surface area contributed by atoms with Crippen molar-refractivity contribution < 1.29 is 9.53 Å². The first-order chi connectivity index (χ1) is 12.1. The summed E-state index contributed by atoms with van der Waals surface area (Å²) >= 11 is 2.93. The fourth-order valence-electron chi connectivity index (χ4n) is 2.07. The summed E-state index contributed by atoms with van der Waals surface area (Å²) in [5, 5.41) is 12.2. The van der Waals surface area contributed by atoms with Crippen LogP contribution in [0.15, 0.2) is 40.5 Å². The first kappa shape index (κ1) is 17.8. The third-order valence-corrected chi connectivity index (χ3v) is 5.53. The summed E-state index contributed by atoms with van der Waals surface area (Å²) in [5.41, 5.74) is 0. The lowest BCUT2D eigenvalue weighted by Crippen LogP contribution is -2.34. The lowest BCUT2D eigenvalue weighted by molar-refractivity contribution is -0.118. The molecule has 132 valence electrons. The Labute approximate surface area is 154 Å². The molecule has 3 rings (SSSR count). The lowest BCUT2D eigenvalue weighted by atomic mass is 10.3. The molecule has 2 heterocycles. The molecule has 0 bridgehead atoms. The monoisotopic (exact) mass is 377 g/mol. The predicted molar refractivity (Wildman–Crippen MR) is 100.0 cm³/mol. The molecule has 1 aromatic heterocycles. The Balaban J connectivity index is 1.56. The fraction of sp³-hybridized carbons (Fsp3) is 0.375. The van der Waals surface area contributed by atoms with Gasteiger partial charge in [-0.2, -0.15) is 0 Å². The number of carbonyl (C=O) groups is 1. The van der Waals surface area contributed by atoms with Crippen LogP contribution in [0.25, 0.3) is 0 Å². The van der Waals surface area contributed by atoms with Crippen molar-refractivity contribution in [1.82, 2.24) is 20.1 Å². The van der Waals surface area contributed by atoms with Crippen LogP contribution >= 0.6 is 23.5 Å². The van der Waals surface area contributed by atoms with Crippen LogP contribution in [-0.2, 0) is 18.4 Å². The molecule has 7 nitrogen and oxygen atoms in total. The number of aromatic nitrogens is 3. The van der Waals surface area contributed by atoms with Crippen LogP contribution in [0.2, 0.25) is 0 Å².